The van der Waals surface area contributed by atoms with Gasteiger partial charge in [0.2, 0.25) is 0 Å². The number of urea groups is 1. The van der Waals surface area contributed by atoms with E-state index in [0.29, 0.717) is 41.5 Å². The highest BCUT2D eigenvalue weighted by molar-refractivity contribution is 7.00. The number of methoxy groups -OCH3 is 2. The highest BCUT2D eigenvalue weighted by Crippen LogP contribution is 2.39. The third-order valence-electron chi connectivity index (χ3n) is 6.96. The summed E-state index contributed by atoms with van der Waals surface area (Å²) < 4.78 is 27.4. The molecule has 0 saturated carbocycles. The van der Waals surface area contributed by atoms with Crippen LogP contribution in [0.3, 0.4) is 0 Å². The van der Waals surface area contributed by atoms with Crippen molar-refractivity contribution < 1.29 is 23.8 Å². The van der Waals surface area contributed by atoms with Crippen LogP contribution in [0, 0.1) is 0 Å². The molecular formula is C31H33N5O5S. The molecule has 2 heterocycles. The van der Waals surface area contributed by atoms with Crippen molar-refractivity contribution >= 4 is 51.4 Å². The molecule has 11 heteroatoms. The zero-order valence-electron chi connectivity index (χ0n) is 24.0. The average Bonchev–Trinajstić information content (AvgIpc) is 3.59. The molecule has 0 radical (unpaired) electrons. The summed E-state index contributed by atoms with van der Waals surface area (Å²) in [5.41, 5.74) is 5.54. The number of ether oxygens (including phenoxy) is 3. The number of hydrogen-bond donors (Lipinski definition) is 2. The predicted octanol–water partition coefficient (Wildman–Crippen LogP) is 6.48. The van der Waals surface area contributed by atoms with Crippen LogP contribution >= 0.6 is 11.7 Å². The maximum Gasteiger partial charge on any atom is 0.355 e. The van der Waals surface area contributed by atoms with E-state index in [1.165, 1.54) is 0 Å². The van der Waals surface area contributed by atoms with Gasteiger partial charge in [-0.3, -0.25) is 0 Å². The minimum atomic E-state index is -0.464. The van der Waals surface area contributed by atoms with Crippen LogP contribution in [0.15, 0.2) is 54.6 Å². The fourth-order valence-electron chi connectivity index (χ4n) is 4.97. The molecule has 5 aromatic rings. The van der Waals surface area contributed by atoms with E-state index in [4.69, 9.17) is 14.2 Å². The van der Waals surface area contributed by atoms with E-state index in [0.717, 1.165) is 57.6 Å². The van der Waals surface area contributed by atoms with E-state index in [1.807, 2.05) is 59.2 Å². The molecule has 2 N–H and O–H groups in total. The zero-order chi connectivity index (χ0) is 29.6. The molecule has 0 bridgehead atoms. The molecule has 0 fully saturated rings. The average molecular weight is 588 g/mol. The fourth-order valence-corrected chi connectivity index (χ4v) is 5.49. The van der Waals surface area contributed by atoms with Crippen molar-refractivity contribution in [1.29, 1.82) is 0 Å². The van der Waals surface area contributed by atoms with Gasteiger partial charge in [-0.05, 0) is 67.4 Å². The lowest BCUT2D eigenvalue weighted by Crippen LogP contribution is -2.29. The Morgan fingerprint density at radius 2 is 1.79 bits per heavy atom. The first-order chi connectivity index (χ1) is 20.5. The molecule has 0 unspecified atom stereocenters. The summed E-state index contributed by atoms with van der Waals surface area (Å²) in [6.45, 7) is 4.95. The minimum absolute atomic E-state index is 0.210. The molecule has 10 nitrogen and oxygen atoms in total. The van der Waals surface area contributed by atoms with Crippen LogP contribution in [-0.2, 0) is 11.3 Å². The Balaban J connectivity index is 1.73. The van der Waals surface area contributed by atoms with Gasteiger partial charge in [0.15, 0.2) is 0 Å². The first-order valence-corrected chi connectivity index (χ1v) is 14.5. The Labute approximate surface area is 247 Å². The highest BCUT2D eigenvalue weighted by Gasteiger charge is 2.27. The maximum atomic E-state index is 13.7. The number of nitrogens with one attached hydrogen (secondary N) is 2. The Morgan fingerprint density at radius 3 is 2.55 bits per heavy atom. The topological polar surface area (TPSA) is 117 Å². The van der Waals surface area contributed by atoms with Gasteiger partial charge in [-0.2, -0.15) is 8.75 Å². The monoisotopic (exact) mass is 587 g/mol. The number of anilines is 1. The van der Waals surface area contributed by atoms with Gasteiger partial charge in [0.1, 0.15) is 28.2 Å². The van der Waals surface area contributed by atoms with E-state index < -0.39 is 5.97 Å². The molecule has 2 amide bonds. The number of amides is 2. The first-order valence-electron chi connectivity index (χ1n) is 13.8. The van der Waals surface area contributed by atoms with Gasteiger partial charge in [-0.1, -0.05) is 19.4 Å². The fraction of sp³-hybridized carbons (Fsp3) is 0.290. The van der Waals surface area contributed by atoms with Crippen LogP contribution in [0.2, 0.25) is 0 Å². The third kappa shape index (κ3) is 5.87. The van der Waals surface area contributed by atoms with Crippen LogP contribution in [0.1, 0.15) is 42.7 Å². The zero-order valence-corrected chi connectivity index (χ0v) is 24.8. The summed E-state index contributed by atoms with van der Waals surface area (Å²) >= 11 is 1.13. The van der Waals surface area contributed by atoms with Gasteiger partial charge in [0.25, 0.3) is 0 Å². The number of rotatable bonds is 11. The summed E-state index contributed by atoms with van der Waals surface area (Å²) in [5.74, 6) is 0.863. The van der Waals surface area contributed by atoms with Gasteiger partial charge in [-0.25, -0.2) is 9.59 Å². The molecule has 0 saturated heterocycles. The van der Waals surface area contributed by atoms with Crippen LogP contribution in [-0.4, -0.2) is 52.7 Å². The molecule has 0 aliphatic heterocycles. The Morgan fingerprint density at radius 1 is 0.952 bits per heavy atom. The van der Waals surface area contributed by atoms with E-state index in [-0.39, 0.29) is 12.6 Å². The number of benzene rings is 3. The van der Waals surface area contributed by atoms with Crippen molar-refractivity contribution in [3.63, 3.8) is 0 Å². The van der Waals surface area contributed by atoms with Crippen molar-refractivity contribution in [2.45, 2.75) is 33.2 Å². The summed E-state index contributed by atoms with van der Waals surface area (Å²) in [7, 11) is 3.21. The number of hydrogen-bond acceptors (Lipinski definition) is 8. The van der Waals surface area contributed by atoms with Gasteiger partial charge in [-0.15, -0.1) is 0 Å². The highest BCUT2D eigenvalue weighted by atomic mass is 32.1. The van der Waals surface area contributed by atoms with Crippen LogP contribution in [0.5, 0.6) is 11.5 Å². The normalized spacial score (nSPS) is 11.0. The molecule has 2 aromatic heterocycles. The van der Waals surface area contributed by atoms with Gasteiger partial charge in [0, 0.05) is 34.3 Å². The summed E-state index contributed by atoms with van der Waals surface area (Å²) in [5, 5.41) is 6.58. The molecule has 0 aliphatic rings. The molecular weight excluding hydrogens is 554 g/mol. The summed E-state index contributed by atoms with van der Waals surface area (Å²) in [6.07, 6.45) is 1.88. The van der Waals surface area contributed by atoms with Crippen molar-refractivity contribution in [1.82, 2.24) is 18.6 Å². The number of esters is 1. The Kier molecular flexibility index (Phi) is 8.87. The SMILES string of the molecule is CCCCNC(=O)Nc1ccc2c(c1)c(-c1ccc3nsnc3c1)c(C(=O)OCC)n2Cc1cc(OC)ccc1OC. The number of aromatic nitrogens is 3. The minimum Gasteiger partial charge on any atom is -0.497 e. The van der Waals surface area contributed by atoms with Crippen molar-refractivity contribution in [3.8, 4) is 22.6 Å². The van der Waals surface area contributed by atoms with Crippen LogP contribution < -0.4 is 20.1 Å². The maximum absolute atomic E-state index is 13.7. The number of nitrogens with zero attached hydrogens (tertiary/aromatic N) is 3. The second-order valence-electron chi connectivity index (χ2n) is 9.64. The Hall–Kier alpha value is -4.64. The van der Waals surface area contributed by atoms with E-state index in [1.54, 1.807) is 21.1 Å². The quantitative estimate of drug-likeness (QED) is 0.134. The predicted molar refractivity (Wildman–Crippen MR) is 165 cm³/mol. The molecule has 0 aliphatic carbocycles. The van der Waals surface area contributed by atoms with Crippen LogP contribution in [0.25, 0.3) is 33.1 Å². The summed E-state index contributed by atoms with van der Waals surface area (Å²) in [4.78, 5) is 26.3. The van der Waals surface area contributed by atoms with Crippen molar-refractivity contribution in [2.75, 3.05) is 32.7 Å². The number of unbranched alkanes of at least 4 members (excludes halogenated alkanes) is 1. The molecule has 218 valence electrons. The Bertz CT molecular complexity index is 1740. The molecule has 42 heavy (non-hydrogen) atoms. The van der Waals surface area contributed by atoms with Gasteiger partial charge in [0.05, 0.1) is 39.1 Å². The van der Waals surface area contributed by atoms with Crippen molar-refractivity contribution in [2.24, 2.45) is 0 Å². The lowest BCUT2D eigenvalue weighted by Gasteiger charge is -2.15. The molecule has 0 atom stereocenters. The van der Waals surface area contributed by atoms with E-state index in [9.17, 15) is 9.59 Å². The lowest BCUT2D eigenvalue weighted by atomic mass is 10.0. The smallest absolute Gasteiger partial charge is 0.355 e. The summed E-state index contributed by atoms with van der Waals surface area (Å²) in [6, 6.07) is 16.6. The largest absolute Gasteiger partial charge is 0.497 e. The molecule has 5 rings (SSSR count). The third-order valence-corrected chi connectivity index (χ3v) is 7.52. The lowest BCUT2D eigenvalue weighted by molar-refractivity contribution is 0.0516. The van der Waals surface area contributed by atoms with Crippen LogP contribution in [0.4, 0.5) is 10.5 Å². The second kappa shape index (κ2) is 12.9. The number of carbonyl (C=O) groups is 2. The van der Waals surface area contributed by atoms with E-state index >= 15 is 0 Å². The number of carbonyl (C=O) groups excluding carboxylic acids is 2. The second-order valence-corrected chi connectivity index (χ2v) is 10.2. The molecule has 3 aromatic carbocycles. The van der Waals surface area contributed by atoms with Gasteiger partial charge >= 0.3 is 12.0 Å². The van der Waals surface area contributed by atoms with Gasteiger partial charge < -0.3 is 29.4 Å². The number of fused-ring (bicyclic) bond motifs is 2. The molecule has 0 spiro atoms. The van der Waals surface area contributed by atoms with Crippen molar-refractivity contribution in [3.05, 3.63) is 65.9 Å². The first kappa shape index (κ1) is 28.9. The van der Waals surface area contributed by atoms with E-state index in [2.05, 4.69) is 26.3 Å². The standard InChI is InChI=1S/C31H33N5O5S/c1-5-7-14-32-31(38)33-21-9-12-26-23(17-21)28(19-8-11-24-25(16-19)35-42-34-24)29(30(37)41-6-2)36(26)18-20-15-22(39-3)10-13-27(20)40-4/h8-13,15-17H,5-7,14,18H2,1-4H3,(H2,32,33,38).